The van der Waals surface area contributed by atoms with Gasteiger partial charge in [-0.1, -0.05) is 6.92 Å². The fourth-order valence-electron chi connectivity index (χ4n) is 1.67. The van der Waals surface area contributed by atoms with Crippen LogP contribution in [-0.4, -0.2) is 25.9 Å². The van der Waals surface area contributed by atoms with E-state index in [1.807, 2.05) is 0 Å². The molecule has 1 aromatic carbocycles. The van der Waals surface area contributed by atoms with E-state index < -0.39 is 14.9 Å². The first kappa shape index (κ1) is 13.8. The minimum absolute atomic E-state index is 0.0950. The Balaban J connectivity index is 2.38. The normalized spacial score (nSPS) is 15.2. The van der Waals surface area contributed by atoms with Gasteiger partial charge in [0, 0.05) is 18.7 Å². The van der Waals surface area contributed by atoms with Crippen LogP contribution in [-0.2, 0) is 10.0 Å². The maximum Gasteiger partial charge on any atom is 0.293 e. The van der Waals surface area contributed by atoms with Crippen molar-refractivity contribution >= 4 is 21.4 Å². The number of nitro groups is 1. The number of nitrogens with one attached hydrogen (secondary N) is 2. The van der Waals surface area contributed by atoms with Crippen LogP contribution in [0.1, 0.15) is 19.8 Å². The zero-order valence-corrected chi connectivity index (χ0v) is 11.2. The van der Waals surface area contributed by atoms with E-state index in [9.17, 15) is 18.5 Å². The molecule has 0 radical (unpaired) electrons. The predicted molar refractivity (Wildman–Crippen MR) is 70.6 cm³/mol. The second kappa shape index (κ2) is 5.14. The van der Waals surface area contributed by atoms with Gasteiger partial charge >= 0.3 is 0 Å². The second-order valence-electron chi connectivity index (χ2n) is 4.36. The van der Waals surface area contributed by atoms with Gasteiger partial charge in [0.2, 0.25) is 10.0 Å². The first-order valence-corrected chi connectivity index (χ1v) is 7.47. The Labute approximate surface area is 111 Å². The number of sulfonamides is 1. The molecule has 0 atom stereocenters. The molecular formula is C11H15N3O4S. The van der Waals surface area contributed by atoms with Crippen LogP contribution in [0, 0.1) is 10.1 Å². The van der Waals surface area contributed by atoms with E-state index in [1.54, 1.807) is 6.92 Å². The fraction of sp³-hybridized carbons (Fsp3) is 0.455. The van der Waals surface area contributed by atoms with Crippen LogP contribution >= 0.6 is 0 Å². The average Bonchev–Trinajstić information content (AvgIpc) is 3.13. The smallest absolute Gasteiger partial charge is 0.293 e. The molecule has 0 saturated heterocycles. The fourth-order valence-corrected chi connectivity index (χ4v) is 2.73. The molecule has 0 amide bonds. The van der Waals surface area contributed by atoms with Crippen LogP contribution in [0.5, 0.6) is 0 Å². The molecule has 1 aliphatic rings. The summed E-state index contributed by atoms with van der Waals surface area (Å²) >= 11 is 0. The molecule has 19 heavy (non-hydrogen) atoms. The molecule has 1 saturated carbocycles. The molecule has 0 aromatic heterocycles. The van der Waals surface area contributed by atoms with Gasteiger partial charge in [-0.3, -0.25) is 10.1 Å². The summed E-state index contributed by atoms with van der Waals surface area (Å²) in [5, 5.41) is 14.0. The van der Waals surface area contributed by atoms with E-state index >= 15 is 0 Å². The lowest BCUT2D eigenvalue weighted by Gasteiger charge is -2.08. The van der Waals surface area contributed by atoms with Gasteiger partial charge in [0.1, 0.15) is 5.69 Å². The van der Waals surface area contributed by atoms with Crippen LogP contribution in [0.4, 0.5) is 11.4 Å². The van der Waals surface area contributed by atoms with Crippen molar-refractivity contribution in [2.24, 2.45) is 0 Å². The van der Waals surface area contributed by atoms with Gasteiger partial charge in [-0.15, -0.1) is 0 Å². The molecule has 0 heterocycles. The number of nitrogens with zero attached hydrogens (tertiary/aromatic N) is 1. The van der Waals surface area contributed by atoms with Crippen molar-refractivity contribution in [3.63, 3.8) is 0 Å². The summed E-state index contributed by atoms with van der Waals surface area (Å²) in [6.45, 7) is 1.88. The highest BCUT2D eigenvalue weighted by Crippen LogP contribution is 2.32. The van der Waals surface area contributed by atoms with E-state index in [1.165, 1.54) is 12.1 Å². The van der Waals surface area contributed by atoms with Gasteiger partial charge in [-0.05, 0) is 25.0 Å². The SMILES string of the molecule is CCNS(=O)(=O)c1ccc(NC2CC2)c([N+](=O)[O-])c1. The third-order valence-corrected chi connectivity index (χ3v) is 4.29. The number of anilines is 1. The molecule has 104 valence electrons. The summed E-state index contributed by atoms with van der Waals surface area (Å²) in [6, 6.07) is 4.16. The van der Waals surface area contributed by atoms with E-state index in [0.717, 1.165) is 18.9 Å². The first-order chi connectivity index (χ1) is 8.94. The minimum Gasteiger partial charge on any atom is -0.377 e. The zero-order chi connectivity index (χ0) is 14.0. The largest absolute Gasteiger partial charge is 0.377 e. The third kappa shape index (κ3) is 3.21. The number of hydrogen-bond donors (Lipinski definition) is 2. The van der Waals surface area contributed by atoms with Crippen LogP contribution in [0.3, 0.4) is 0 Å². The van der Waals surface area contributed by atoms with Gasteiger partial charge < -0.3 is 5.32 Å². The quantitative estimate of drug-likeness (QED) is 0.608. The van der Waals surface area contributed by atoms with Gasteiger partial charge in [-0.2, -0.15) is 0 Å². The molecule has 2 rings (SSSR count). The Morgan fingerprint density at radius 2 is 2.11 bits per heavy atom. The standard InChI is InChI=1S/C11H15N3O4S/c1-2-12-19(17,18)9-5-6-10(13-8-3-4-8)11(7-9)14(15)16/h5-8,12-13H,2-4H2,1H3. The van der Waals surface area contributed by atoms with Gasteiger partial charge in [-0.25, -0.2) is 13.1 Å². The number of rotatable bonds is 6. The summed E-state index contributed by atoms with van der Waals surface area (Å²) in [4.78, 5) is 10.3. The van der Waals surface area contributed by atoms with Gasteiger partial charge in [0.05, 0.1) is 9.82 Å². The van der Waals surface area contributed by atoms with Crippen molar-refractivity contribution in [2.75, 3.05) is 11.9 Å². The van der Waals surface area contributed by atoms with E-state index in [4.69, 9.17) is 0 Å². The number of benzene rings is 1. The van der Waals surface area contributed by atoms with Crippen molar-refractivity contribution in [1.29, 1.82) is 0 Å². The predicted octanol–water partition coefficient (Wildman–Crippen LogP) is 1.47. The third-order valence-electron chi connectivity index (χ3n) is 2.75. The van der Waals surface area contributed by atoms with Gasteiger partial charge in [0.15, 0.2) is 0 Å². The highest BCUT2D eigenvalue weighted by Gasteiger charge is 2.26. The van der Waals surface area contributed by atoms with Gasteiger partial charge in [0.25, 0.3) is 5.69 Å². The topological polar surface area (TPSA) is 101 Å². The lowest BCUT2D eigenvalue weighted by atomic mass is 10.2. The molecular weight excluding hydrogens is 270 g/mol. The molecule has 1 aliphatic carbocycles. The highest BCUT2D eigenvalue weighted by atomic mass is 32.2. The maximum absolute atomic E-state index is 11.8. The molecule has 0 aliphatic heterocycles. The Morgan fingerprint density at radius 1 is 1.42 bits per heavy atom. The zero-order valence-electron chi connectivity index (χ0n) is 10.4. The Kier molecular flexibility index (Phi) is 3.72. The number of nitro benzene ring substituents is 1. The lowest BCUT2D eigenvalue weighted by Crippen LogP contribution is -2.23. The summed E-state index contributed by atoms with van der Waals surface area (Å²) < 4.78 is 25.9. The van der Waals surface area contributed by atoms with Crippen LogP contribution in [0.2, 0.25) is 0 Å². The van der Waals surface area contributed by atoms with Crippen LogP contribution < -0.4 is 10.0 Å². The lowest BCUT2D eigenvalue weighted by molar-refractivity contribution is -0.384. The highest BCUT2D eigenvalue weighted by molar-refractivity contribution is 7.89. The number of hydrogen-bond acceptors (Lipinski definition) is 5. The first-order valence-electron chi connectivity index (χ1n) is 5.98. The molecule has 1 fully saturated rings. The van der Waals surface area contributed by atoms with E-state index in [2.05, 4.69) is 10.0 Å². The second-order valence-corrected chi connectivity index (χ2v) is 6.12. The van der Waals surface area contributed by atoms with Crippen LogP contribution in [0.15, 0.2) is 23.1 Å². The molecule has 0 spiro atoms. The molecule has 1 aromatic rings. The average molecular weight is 285 g/mol. The van der Waals surface area contributed by atoms with Crippen molar-refractivity contribution in [2.45, 2.75) is 30.7 Å². The van der Waals surface area contributed by atoms with Crippen molar-refractivity contribution < 1.29 is 13.3 Å². The van der Waals surface area contributed by atoms with Crippen LogP contribution in [0.25, 0.3) is 0 Å². The molecule has 2 N–H and O–H groups in total. The minimum atomic E-state index is -3.68. The van der Waals surface area contributed by atoms with Crippen molar-refractivity contribution in [1.82, 2.24) is 4.72 Å². The molecule has 0 unspecified atom stereocenters. The molecule has 8 heteroatoms. The summed E-state index contributed by atoms with van der Waals surface area (Å²) in [6.07, 6.45) is 1.96. The summed E-state index contributed by atoms with van der Waals surface area (Å²) in [7, 11) is -3.68. The van der Waals surface area contributed by atoms with E-state index in [0.29, 0.717) is 5.69 Å². The monoisotopic (exact) mass is 285 g/mol. The van der Waals surface area contributed by atoms with Crippen molar-refractivity contribution in [3.8, 4) is 0 Å². The molecule has 7 nitrogen and oxygen atoms in total. The Morgan fingerprint density at radius 3 is 2.63 bits per heavy atom. The summed E-state index contributed by atoms with van der Waals surface area (Å²) in [5.41, 5.74) is 0.147. The summed E-state index contributed by atoms with van der Waals surface area (Å²) in [5.74, 6) is 0. The maximum atomic E-state index is 11.8. The van der Waals surface area contributed by atoms with E-state index in [-0.39, 0.29) is 23.2 Å². The Bertz CT molecular complexity index is 596. The molecule has 0 bridgehead atoms. The Hall–Kier alpha value is -1.67. The van der Waals surface area contributed by atoms with Crippen molar-refractivity contribution in [3.05, 3.63) is 28.3 Å².